The van der Waals surface area contributed by atoms with Crippen molar-refractivity contribution < 1.29 is 9.59 Å². The normalized spacial score (nSPS) is 16.8. The Labute approximate surface area is 167 Å². The average molecular weight is 395 g/mol. The van der Waals surface area contributed by atoms with E-state index in [1.54, 1.807) is 24.3 Å². The number of likely N-dealkylation sites (tertiary alicyclic amines) is 1. The number of nitrogens with zero attached hydrogens (tertiary/aromatic N) is 1. The summed E-state index contributed by atoms with van der Waals surface area (Å²) in [6.45, 7) is 9.32. The van der Waals surface area contributed by atoms with Crippen LogP contribution < -0.4 is 16.0 Å². The fourth-order valence-electron chi connectivity index (χ4n) is 3.31. The summed E-state index contributed by atoms with van der Waals surface area (Å²) >= 11 is 5.82. The highest BCUT2D eigenvalue weighted by Gasteiger charge is 2.25. The Hall–Kier alpha value is -1.79. The molecule has 2 rings (SSSR count). The highest BCUT2D eigenvalue weighted by Crippen LogP contribution is 2.21. The van der Waals surface area contributed by atoms with Crippen LogP contribution in [-0.4, -0.2) is 49.1 Å². The Morgan fingerprint density at radius 1 is 1.15 bits per heavy atom. The van der Waals surface area contributed by atoms with E-state index in [-0.39, 0.29) is 18.5 Å². The van der Waals surface area contributed by atoms with E-state index < -0.39 is 0 Å². The standard InChI is InChI=1S/C20H31ClN4O2/c1-14(2)18(25-10-8-15(3)9-11-25)12-22-20(27)23-13-19(26)24-17-6-4-16(21)5-7-17/h4-7,14-15,18H,8-13H2,1-3H3,(H,24,26)(H2,22,23,27). The molecule has 0 bridgehead atoms. The van der Waals surface area contributed by atoms with Crippen molar-refractivity contribution in [3.8, 4) is 0 Å². The van der Waals surface area contributed by atoms with Crippen molar-refractivity contribution in [2.45, 2.75) is 39.7 Å². The van der Waals surface area contributed by atoms with Gasteiger partial charge in [-0.15, -0.1) is 0 Å². The van der Waals surface area contributed by atoms with Gasteiger partial charge >= 0.3 is 6.03 Å². The molecule has 0 aromatic heterocycles. The first kappa shape index (κ1) is 21.5. The minimum absolute atomic E-state index is 0.0813. The highest BCUT2D eigenvalue weighted by molar-refractivity contribution is 6.30. The number of amides is 3. The lowest BCUT2D eigenvalue weighted by molar-refractivity contribution is -0.115. The molecule has 27 heavy (non-hydrogen) atoms. The Morgan fingerprint density at radius 2 is 1.78 bits per heavy atom. The van der Waals surface area contributed by atoms with Gasteiger partial charge in [0.05, 0.1) is 6.54 Å². The second-order valence-electron chi connectivity index (χ2n) is 7.65. The van der Waals surface area contributed by atoms with Crippen molar-refractivity contribution in [3.05, 3.63) is 29.3 Å². The van der Waals surface area contributed by atoms with Gasteiger partial charge in [0.2, 0.25) is 5.91 Å². The predicted octanol–water partition coefficient (Wildman–Crippen LogP) is 3.33. The zero-order valence-electron chi connectivity index (χ0n) is 16.4. The zero-order valence-corrected chi connectivity index (χ0v) is 17.2. The number of piperidine rings is 1. The molecule has 1 aromatic rings. The van der Waals surface area contributed by atoms with Gasteiger partial charge in [0.1, 0.15) is 0 Å². The molecule has 0 saturated carbocycles. The van der Waals surface area contributed by atoms with Crippen LogP contribution >= 0.6 is 11.6 Å². The molecule has 1 atom stereocenters. The van der Waals surface area contributed by atoms with Crippen molar-refractivity contribution in [1.29, 1.82) is 0 Å². The summed E-state index contributed by atoms with van der Waals surface area (Å²) in [5.74, 6) is 0.953. The van der Waals surface area contributed by atoms with Crippen LogP contribution in [-0.2, 0) is 4.79 Å². The number of benzene rings is 1. The molecule has 0 spiro atoms. The number of nitrogens with one attached hydrogen (secondary N) is 3. The van der Waals surface area contributed by atoms with Gasteiger partial charge < -0.3 is 16.0 Å². The number of rotatable bonds is 7. The van der Waals surface area contributed by atoms with Crippen LogP contribution in [0.25, 0.3) is 0 Å². The van der Waals surface area contributed by atoms with E-state index in [9.17, 15) is 9.59 Å². The van der Waals surface area contributed by atoms with Gasteiger partial charge in [0.15, 0.2) is 0 Å². The van der Waals surface area contributed by atoms with Gasteiger partial charge in [0, 0.05) is 23.3 Å². The lowest BCUT2D eigenvalue weighted by atomic mass is 9.94. The fraction of sp³-hybridized carbons (Fsp3) is 0.600. The van der Waals surface area contributed by atoms with Crippen LogP contribution in [0.3, 0.4) is 0 Å². The summed E-state index contributed by atoms with van der Waals surface area (Å²) in [4.78, 5) is 26.5. The first-order chi connectivity index (χ1) is 12.8. The average Bonchev–Trinajstić information content (AvgIpc) is 2.63. The van der Waals surface area contributed by atoms with Gasteiger partial charge in [-0.1, -0.05) is 32.4 Å². The minimum atomic E-state index is -0.322. The van der Waals surface area contributed by atoms with Gasteiger partial charge in [-0.05, 0) is 62.0 Å². The molecule has 0 aliphatic carbocycles. The molecule has 1 unspecified atom stereocenters. The largest absolute Gasteiger partial charge is 0.337 e. The summed E-state index contributed by atoms with van der Waals surface area (Å²) in [6.07, 6.45) is 2.42. The van der Waals surface area contributed by atoms with Gasteiger partial charge in [-0.25, -0.2) is 4.79 Å². The third kappa shape index (κ3) is 7.39. The quantitative estimate of drug-likeness (QED) is 0.664. The molecule has 1 heterocycles. The van der Waals surface area contributed by atoms with Crippen molar-refractivity contribution in [2.24, 2.45) is 11.8 Å². The lowest BCUT2D eigenvalue weighted by Crippen LogP contribution is -2.51. The topological polar surface area (TPSA) is 73.5 Å². The Kier molecular flexibility index (Phi) is 8.38. The maximum Gasteiger partial charge on any atom is 0.315 e. The van der Waals surface area contributed by atoms with E-state index in [0.29, 0.717) is 29.2 Å². The van der Waals surface area contributed by atoms with Crippen molar-refractivity contribution in [1.82, 2.24) is 15.5 Å². The molecule has 6 nitrogen and oxygen atoms in total. The number of carbonyl (C=O) groups is 2. The minimum Gasteiger partial charge on any atom is -0.337 e. The number of anilines is 1. The third-order valence-corrected chi connectivity index (χ3v) is 5.32. The van der Waals surface area contributed by atoms with Gasteiger partial charge in [-0.3, -0.25) is 9.69 Å². The summed E-state index contributed by atoms with van der Waals surface area (Å²) in [6, 6.07) is 6.82. The van der Waals surface area contributed by atoms with E-state index >= 15 is 0 Å². The first-order valence-corrected chi connectivity index (χ1v) is 10.0. The SMILES string of the molecule is CC1CCN(C(CNC(=O)NCC(=O)Nc2ccc(Cl)cc2)C(C)C)CC1. The van der Waals surface area contributed by atoms with Crippen molar-refractivity contribution in [3.63, 3.8) is 0 Å². The molecule has 1 aliphatic heterocycles. The molecule has 1 aromatic carbocycles. The van der Waals surface area contributed by atoms with Crippen molar-refractivity contribution in [2.75, 3.05) is 31.5 Å². The van der Waals surface area contributed by atoms with Crippen LogP contribution in [0.1, 0.15) is 33.6 Å². The Balaban J connectivity index is 1.72. The lowest BCUT2D eigenvalue weighted by Gasteiger charge is -2.38. The zero-order chi connectivity index (χ0) is 19.8. The van der Waals surface area contributed by atoms with Crippen molar-refractivity contribution >= 4 is 29.2 Å². The van der Waals surface area contributed by atoms with Crippen LogP contribution in [0, 0.1) is 11.8 Å². The number of hydrogen-bond donors (Lipinski definition) is 3. The second kappa shape index (κ2) is 10.5. The number of urea groups is 1. The maximum absolute atomic E-state index is 12.1. The molecule has 1 fully saturated rings. The third-order valence-electron chi connectivity index (χ3n) is 5.07. The number of hydrogen-bond acceptors (Lipinski definition) is 3. The van der Waals surface area contributed by atoms with E-state index in [1.807, 2.05) is 0 Å². The molecule has 3 N–H and O–H groups in total. The molecule has 7 heteroatoms. The van der Waals surface area contributed by atoms with Crippen LogP contribution in [0.2, 0.25) is 5.02 Å². The van der Waals surface area contributed by atoms with E-state index in [0.717, 1.165) is 19.0 Å². The first-order valence-electron chi connectivity index (χ1n) is 9.66. The smallest absolute Gasteiger partial charge is 0.315 e. The molecular formula is C20H31ClN4O2. The second-order valence-corrected chi connectivity index (χ2v) is 8.08. The van der Waals surface area contributed by atoms with Crippen LogP contribution in [0.15, 0.2) is 24.3 Å². The number of carbonyl (C=O) groups excluding carboxylic acids is 2. The molecule has 1 saturated heterocycles. The summed E-state index contributed by atoms with van der Waals surface area (Å²) in [5.41, 5.74) is 0.644. The molecular weight excluding hydrogens is 364 g/mol. The number of halogens is 1. The molecule has 0 radical (unpaired) electrons. The van der Waals surface area contributed by atoms with E-state index in [1.165, 1.54) is 12.8 Å². The van der Waals surface area contributed by atoms with Gasteiger partial charge in [0.25, 0.3) is 0 Å². The fourth-order valence-corrected chi connectivity index (χ4v) is 3.43. The molecule has 3 amide bonds. The van der Waals surface area contributed by atoms with Crippen LogP contribution in [0.5, 0.6) is 0 Å². The summed E-state index contributed by atoms with van der Waals surface area (Å²) in [7, 11) is 0. The molecule has 1 aliphatic rings. The van der Waals surface area contributed by atoms with E-state index in [4.69, 9.17) is 11.6 Å². The molecule has 150 valence electrons. The summed E-state index contributed by atoms with van der Waals surface area (Å²) in [5, 5.41) is 8.84. The monoisotopic (exact) mass is 394 g/mol. The van der Waals surface area contributed by atoms with Gasteiger partial charge in [-0.2, -0.15) is 0 Å². The Morgan fingerprint density at radius 3 is 2.37 bits per heavy atom. The maximum atomic E-state index is 12.1. The van der Waals surface area contributed by atoms with Crippen LogP contribution in [0.4, 0.5) is 10.5 Å². The summed E-state index contributed by atoms with van der Waals surface area (Å²) < 4.78 is 0. The Bertz CT molecular complexity index is 613. The van der Waals surface area contributed by atoms with E-state index in [2.05, 4.69) is 41.6 Å². The highest BCUT2D eigenvalue weighted by atomic mass is 35.5. The predicted molar refractivity (Wildman–Crippen MR) is 110 cm³/mol.